The Bertz CT molecular complexity index is 994. The van der Waals surface area contributed by atoms with Crippen LogP contribution in [0.3, 0.4) is 0 Å². The number of aromatic nitrogens is 1. The minimum absolute atomic E-state index is 0.0144. The van der Waals surface area contributed by atoms with Crippen LogP contribution in [0.1, 0.15) is 18.9 Å². The minimum atomic E-state index is -0.0901. The molecule has 0 aliphatic carbocycles. The van der Waals surface area contributed by atoms with Gasteiger partial charge in [0, 0.05) is 18.7 Å². The first-order valence-corrected chi connectivity index (χ1v) is 9.42. The van der Waals surface area contributed by atoms with Crippen LogP contribution in [0, 0.1) is 0 Å². The van der Waals surface area contributed by atoms with Crippen molar-refractivity contribution in [2.24, 2.45) is 0 Å². The lowest BCUT2D eigenvalue weighted by atomic mass is 10.1. The zero-order chi connectivity index (χ0) is 18.0. The molecular formula is C18H16Cl2N2O2S. The van der Waals surface area contributed by atoms with Crippen LogP contribution in [0.2, 0.25) is 10.0 Å². The molecule has 1 heterocycles. The second-order valence-electron chi connectivity index (χ2n) is 5.59. The molecule has 3 rings (SSSR count). The Balaban J connectivity index is 1.67. The van der Waals surface area contributed by atoms with Crippen molar-refractivity contribution in [2.45, 2.75) is 26.3 Å². The van der Waals surface area contributed by atoms with Gasteiger partial charge >= 0.3 is 4.87 Å². The van der Waals surface area contributed by atoms with Crippen LogP contribution in [0.15, 0.2) is 41.2 Å². The summed E-state index contributed by atoms with van der Waals surface area (Å²) in [4.78, 5) is 24.1. The molecule has 130 valence electrons. The summed E-state index contributed by atoms with van der Waals surface area (Å²) < 4.78 is 2.59. The molecule has 0 spiro atoms. The third kappa shape index (κ3) is 4.06. The van der Waals surface area contributed by atoms with Gasteiger partial charge in [-0.2, -0.15) is 0 Å². The number of amides is 1. The lowest BCUT2D eigenvalue weighted by Gasteiger charge is -2.07. The number of carbonyl (C=O) groups is 1. The predicted octanol–water partition coefficient (Wildman–Crippen LogP) is 4.96. The lowest BCUT2D eigenvalue weighted by molar-refractivity contribution is -0.116. The van der Waals surface area contributed by atoms with Crippen molar-refractivity contribution in [1.29, 1.82) is 0 Å². The Morgan fingerprint density at radius 1 is 1.16 bits per heavy atom. The monoisotopic (exact) mass is 394 g/mol. The molecule has 0 aliphatic heterocycles. The van der Waals surface area contributed by atoms with Crippen molar-refractivity contribution >= 4 is 56.3 Å². The second kappa shape index (κ2) is 7.60. The first-order chi connectivity index (χ1) is 12.0. The molecule has 1 aromatic heterocycles. The molecule has 3 aromatic rings. The molecule has 0 saturated heterocycles. The third-order valence-electron chi connectivity index (χ3n) is 3.89. The van der Waals surface area contributed by atoms with Crippen molar-refractivity contribution < 1.29 is 4.79 Å². The van der Waals surface area contributed by atoms with Gasteiger partial charge in [0.2, 0.25) is 5.91 Å². The van der Waals surface area contributed by atoms with E-state index in [4.69, 9.17) is 23.2 Å². The largest absolute Gasteiger partial charge is 0.326 e. The topological polar surface area (TPSA) is 51.1 Å². The number of anilines is 1. The average molecular weight is 395 g/mol. The Morgan fingerprint density at radius 3 is 2.68 bits per heavy atom. The average Bonchev–Trinajstić information content (AvgIpc) is 2.90. The second-order valence-corrected chi connectivity index (χ2v) is 7.40. The molecule has 0 aliphatic rings. The number of halogens is 2. The van der Waals surface area contributed by atoms with E-state index in [1.54, 1.807) is 16.7 Å². The molecule has 0 atom stereocenters. The van der Waals surface area contributed by atoms with Gasteiger partial charge in [-0.25, -0.2) is 0 Å². The van der Waals surface area contributed by atoms with Gasteiger partial charge in [0.25, 0.3) is 0 Å². The number of thiazole rings is 1. The Labute approximate surface area is 159 Å². The lowest BCUT2D eigenvalue weighted by Crippen LogP contribution is -2.12. The molecule has 0 saturated carbocycles. The van der Waals surface area contributed by atoms with Crippen LogP contribution in [-0.2, 0) is 17.8 Å². The molecule has 0 bridgehead atoms. The summed E-state index contributed by atoms with van der Waals surface area (Å²) in [6.07, 6.45) is 0.909. The summed E-state index contributed by atoms with van der Waals surface area (Å²) in [5, 5.41) is 3.86. The summed E-state index contributed by atoms with van der Waals surface area (Å²) in [5.74, 6) is -0.0901. The van der Waals surface area contributed by atoms with Crippen LogP contribution >= 0.6 is 34.5 Å². The summed E-state index contributed by atoms with van der Waals surface area (Å²) in [7, 11) is 0. The molecule has 0 fully saturated rings. The van der Waals surface area contributed by atoms with Gasteiger partial charge in [0.15, 0.2) is 0 Å². The number of fused-ring (bicyclic) bond motifs is 1. The van der Waals surface area contributed by atoms with Crippen LogP contribution in [0.4, 0.5) is 5.69 Å². The molecular weight excluding hydrogens is 379 g/mol. The molecule has 7 heteroatoms. The molecule has 0 radical (unpaired) electrons. The van der Waals surface area contributed by atoms with Gasteiger partial charge in [-0.3, -0.25) is 14.2 Å². The van der Waals surface area contributed by atoms with E-state index in [-0.39, 0.29) is 10.8 Å². The fourth-order valence-electron chi connectivity index (χ4n) is 2.62. The summed E-state index contributed by atoms with van der Waals surface area (Å²) in [6, 6.07) is 10.9. The minimum Gasteiger partial charge on any atom is -0.326 e. The molecule has 25 heavy (non-hydrogen) atoms. The highest BCUT2D eigenvalue weighted by Crippen LogP contribution is 2.24. The van der Waals surface area contributed by atoms with Crippen LogP contribution in [0.5, 0.6) is 0 Å². The summed E-state index contributed by atoms with van der Waals surface area (Å²) in [5.41, 5.74) is 2.54. The fraction of sp³-hybridized carbons (Fsp3) is 0.222. The summed E-state index contributed by atoms with van der Waals surface area (Å²) in [6.45, 7) is 2.57. The molecule has 4 nitrogen and oxygen atoms in total. The smallest absolute Gasteiger partial charge is 0.308 e. The Hall–Kier alpha value is -1.82. The quantitative estimate of drug-likeness (QED) is 0.664. The van der Waals surface area contributed by atoms with E-state index in [9.17, 15) is 9.59 Å². The molecule has 1 amide bonds. The zero-order valence-electron chi connectivity index (χ0n) is 13.5. The fourth-order valence-corrected chi connectivity index (χ4v) is 3.94. The number of nitrogens with one attached hydrogen (secondary N) is 1. The van der Waals surface area contributed by atoms with Gasteiger partial charge in [-0.1, -0.05) is 40.6 Å². The van der Waals surface area contributed by atoms with E-state index in [1.807, 2.05) is 31.2 Å². The maximum absolute atomic E-state index is 12.2. The number of hydrogen-bond acceptors (Lipinski definition) is 3. The highest BCUT2D eigenvalue weighted by molar-refractivity contribution is 7.16. The highest BCUT2D eigenvalue weighted by atomic mass is 35.5. The van der Waals surface area contributed by atoms with Crippen LogP contribution < -0.4 is 10.2 Å². The zero-order valence-corrected chi connectivity index (χ0v) is 15.8. The third-order valence-corrected chi connectivity index (χ3v) is 5.57. The van der Waals surface area contributed by atoms with E-state index in [0.29, 0.717) is 35.1 Å². The highest BCUT2D eigenvalue weighted by Gasteiger charge is 2.09. The molecule has 2 aromatic carbocycles. The Morgan fingerprint density at radius 2 is 1.96 bits per heavy atom. The van der Waals surface area contributed by atoms with Gasteiger partial charge in [-0.05, 0) is 49.2 Å². The number of hydrogen-bond donors (Lipinski definition) is 1. The van der Waals surface area contributed by atoms with Crippen molar-refractivity contribution in [3.05, 3.63) is 61.7 Å². The van der Waals surface area contributed by atoms with Crippen molar-refractivity contribution in [3.8, 4) is 0 Å². The Kier molecular flexibility index (Phi) is 5.47. The normalized spacial score (nSPS) is 11.0. The maximum atomic E-state index is 12.2. The van der Waals surface area contributed by atoms with Crippen LogP contribution in [-0.4, -0.2) is 10.5 Å². The van der Waals surface area contributed by atoms with Crippen LogP contribution in [0.25, 0.3) is 10.2 Å². The van der Waals surface area contributed by atoms with Crippen molar-refractivity contribution in [1.82, 2.24) is 4.57 Å². The number of aryl methyl sites for hydroxylation is 2. The van der Waals surface area contributed by atoms with Crippen molar-refractivity contribution in [3.63, 3.8) is 0 Å². The first-order valence-electron chi connectivity index (χ1n) is 7.85. The van der Waals surface area contributed by atoms with E-state index in [2.05, 4.69) is 5.32 Å². The van der Waals surface area contributed by atoms with Gasteiger partial charge in [0.05, 0.1) is 20.3 Å². The SMILES string of the molecule is CCn1c(=O)sc2cc(NC(=O)CCc3ccc(Cl)c(Cl)c3)ccc21. The van der Waals surface area contributed by atoms with Gasteiger partial charge < -0.3 is 5.32 Å². The van der Waals surface area contributed by atoms with E-state index in [1.165, 1.54) is 11.3 Å². The number of benzene rings is 2. The van der Waals surface area contributed by atoms with Gasteiger partial charge in [0.1, 0.15) is 0 Å². The summed E-state index contributed by atoms with van der Waals surface area (Å²) >= 11 is 13.1. The molecule has 1 N–H and O–H groups in total. The van der Waals surface area contributed by atoms with E-state index >= 15 is 0 Å². The van der Waals surface area contributed by atoms with E-state index in [0.717, 1.165) is 15.8 Å². The maximum Gasteiger partial charge on any atom is 0.308 e. The number of carbonyl (C=O) groups excluding carboxylic acids is 1. The predicted molar refractivity (Wildman–Crippen MR) is 105 cm³/mol. The molecule has 0 unspecified atom stereocenters. The van der Waals surface area contributed by atoms with Crippen molar-refractivity contribution in [2.75, 3.05) is 5.32 Å². The van der Waals surface area contributed by atoms with Gasteiger partial charge in [-0.15, -0.1) is 0 Å². The number of rotatable bonds is 5. The standard InChI is InChI=1S/C18H16Cl2N2O2S/c1-2-22-15-7-5-12(10-16(15)25-18(22)24)21-17(23)8-4-11-3-6-13(19)14(20)9-11/h3,5-7,9-10H,2,4,8H2,1H3,(H,21,23). The first kappa shape index (κ1) is 18.0. The van der Waals surface area contributed by atoms with E-state index < -0.39 is 0 Å². The number of nitrogens with zero attached hydrogens (tertiary/aromatic N) is 1.